The number of aromatic amines is 1. The predicted octanol–water partition coefficient (Wildman–Crippen LogP) is 0.771. The Kier molecular flexibility index (Phi) is 2.96. The molecule has 102 valence electrons. The van der Waals surface area contributed by atoms with Gasteiger partial charge in [0.2, 0.25) is 10.0 Å². The topological polar surface area (TPSA) is 88.4 Å². The summed E-state index contributed by atoms with van der Waals surface area (Å²) in [5.41, 5.74) is 7.02. The van der Waals surface area contributed by atoms with E-state index in [4.69, 9.17) is 10.5 Å². The largest absolute Gasteiger partial charge is 0.399 e. The van der Waals surface area contributed by atoms with Crippen molar-refractivity contribution >= 4 is 26.6 Å². The molecule has 7 heteroatoms. The molecule has 1 fully saturated rings. The highest BCUT2D eigenvalue weighted by Gasteiger charge is 2.28. The summed E-state index contributed by atoms with van der Waals surface area (Å²) in [6, 6.07) is 5.16. The number of ether oxygens (including phenoxy) is 1. The highest BCUT2D eigenvalue weighted by atomic mass is 32.2. The summed E-state index contributed by atoms with van der Waals surface area (Å²) in [6.45, 7) is 1.66. The average molecular weight is 281 g/mol. The molecule has 0 bridgehead atoms. The molecular weight excluding hydrogens is 266 g/mol. The molecule has 1 saturated heterocycles. The second-order valence-electron chi connectivity index (χ2n) is 4.47. The first-order chi connectivity index (χ1) is 9.09. The van der Waals surface area contributed by atoms with Crippen molar-refractivity contribution in [1.82, 2.24) is 9.29 Å². The van der Waals surface area contributed by atoms with Crippen LogP contribution in [0, 0.1) is 0 Å². The maximum absolute atomic E-state index is 12.6. The lowest BCUT2D eigenvalue weighted by Gasteiger charge is -2.25. The monoisotopic (exact) mass is 281 g/mol. The van der Waals surface area contributed by atoms with E-state index < -0.39 is 10.0 Å². The molecule has 2 heterocycles. The molecule has 1 aromatic carbocycles. The Balaban J connectivity index is 2.08. The molecule has 2 aromatic rings. The van der Waals surface area contributed by atoms with Gasteiger partial charge in [-0.2, -0.15) is 4.31 Å². The maximum atomic E-state index is 12.6. The second kappa shape index (κ2) is 4.52. The molecule has 0 aliphatic carbocycles. The highest BCUT2D eigenvalue weighted by molar-refractivity contribution is 7.89. The van der Waals surface area contributed by atoms with Gasteiger partial charge < -0.3 is 15.5 Å². The molecule has 19 heavy (non-hydrogen) atoms. The Morgan fingerprint density at radius 2 is 2.00 bits per heavy atom. The lowest BCUT2D eigenvalue weighted by Crippen LogP contribution is -2.40. The van der Waals surface area contributed by atoms with E-state index >= 15 is 0 Å². The summed E-state index contributed by atoms with van der Waals surface area (Å²) >= 11 is 0. The Morgan fingerprint density at radius 1 is 1.26 bits per heavy atom. The third kappa shape index (κ3) is 2.09. The van der Waals surface area contributed by atoms with Crippen molar-refractivity contribution < 1.29 is 13.2 Å². The van der Waals surface area contributed by atoms with Crippen LogP contribution in [-0.2, 0) is 14.8 Å². The van der Waals surface area contributed by atoms with Crippen LogP contribution in [0.3, 0.4) is 0 Å². The van der Waals surface area contributed by atoms with Crippen LogP contribution in [0.4, 0.5) is 5.69 Å². The summed E-state index contributed by atoms with van der Waals surface area (Å²) < 4.78 is 31.8. The summed E-state index contributed by atoms with van der Waals surface area (Å²) in [5.74, 6) is 0. The minimum Gasteiger partial charge on any atom is -0.399 e. The van der Waals surface area contributed by atoms with Gasteiger partial charge >= 0.3 is 0 Å². The van der Waals surface area contributed by atoms with Gasteiger partial charge in [0.1, 0.15) is 4.90 Å². The van der Waals surface area contributed by atoms with E-state index in [0.29, 0.717) is 42.3 Å². The van der Waals surface area contributed by atoms with Crippen LogP contribution in [0.2, 0.25) is 0 Å². The zero-order valence-corrected chi connectivity index (χ0v) is 11.1. The number of nitrogens with zero attached hydrogens (tertiary/aromatic N) is 1. The van der Waals surface area contributed by atoms with Crippen LogP contribution in [-0.4, -0.2) is 44.0 Å². The first-order valence-electron chi connectivity index (χ1n) is 6.03. The van der Waals surface area contributed by atoms with Gasteiger partial charge in [0.05, 0.1) is 13.2 Å². The number of benzene rings is 1. The zero-order valence-electron chi connectivity index (χ0n) is 10.3. The van der Waals surface area contributed by atoms with Gasteiger partial charge in [-0.25, -0.2) is 8.42 Å². The third-order valence-corrected chi connectivity index (χ3v) is 5.19. The molecule has 3 rings (SSSR count). The molecule has 0 spiro atoms. The number of anilines is 1. The van der Waals surface area contributed by atoms with Gasteiger partial charge in [-0.3, -0.25) is 0 Å². The molecule has 3 N–H and O–H groups in total. The molecule has 0 amide bonds. The minimum atomic E-state index is -3.48. The Hall–Kier alpha value is -1.57. The molecule has 0 saturated carbocycles. The predicted molar refractivity (Wildman–Crippen MR) is 72.3 cm³/mol. The van der Waals surface area contributed by atoms with Gasteiger partial charge in [0.25, 0.3) is 0 Å². The van der Waals surface area contributed by atoms with E-state index in [1.807, 2.05) is 0 Å². The SMILES string of the molecule is Nc1ccc2c(S(=O)(=O)N3CCOCC3)c[nH]c2c1. The number of sulfonamides is 1. The van der Waals surface area contributed by atoms with Crippen molar-refractivity contribution in [2.45, 2.75) is 4.90 Å². The first kappa shape index (κ1) is 12.5. The highest BCUT2D eigenvalue weighted by Crippen LogP contribution is 2.27. The van der Waals surface area contributed by atoms with Crippen LogP contribution >= 0.6 is 0 Å². The third-order valence-electron chi connectivity index (χ3n) is 3.26. The number of hydrogen-bond donors (Lipinski definition) is 2. The number of morpholine rings is 1. The molecule has 0 atom stereocenters. The van der Waals surface area contributed by atoms with Crippen molar-refractivity contribution in [2.75, 3.05) is 32.0 Å². The number of nitrogens with two attached hydrogens (primary N) is 1. The van der Waals surface area contributed by atoms with Crippen LogP contribution in [0.5, 0.6) is 0 Å². The lowest BCUT2D eigenvalue weighted by atomic mass is 10.2. The van der Waals surface area contributed by atoms with E-state index in [-0.39, 0.29) is 0 Å². The molecular formula is C12H15N3O3S. The molecule has 1 aliphatic heterocycles. The van der Waals surface area contributed by atoms with Gasteiger partial charge in [-0.1, -0.05) is 0 Å². The number of rotatable bonds is 2. The number of nitrogen functional groups attached to an aromatic ring is 1. The standard InChI is InChI=1S/C12H15N3O3S/c13-9-1-2-10-11(7-9)14-8-12(10)19(16,17)15-3-5-18-6-4-15/h1-2,7-8,14H,3-6,13H2. The quantitative estimate of drug-likeness (QED) is 0.796. The number of hydrogen-bond acceptors (Lipinski definition) is 4. The van der Waals surface area contributed by atoms with Crippen LogP contribution in [0.15, 0.2) is 29.3 Å². The minimum absolute atomic E-state index is 0.296. The summed E-state index contributed by atoms with van der Waals surface area (Å²) in [7, 11) is -3.48. The second-order valence-corrected chi connectivity index (χ2v) is 6.38. The fraction of sp³-hybridized carbons (Fsp3) is 0.333. The van der Waals surface area contributed by atoms with E-state index in [1.54, 1.807) is 18.2 Å². The van der Waals surface area contributed by atoms with Gasteiger partial charge in [-0.15, -0.1) is 0 Å². The van der Waals surface area contributed by atoms with Gasteiger partial charge in [0, 0.05) is 35.9 Å². The van der Waals surface area contributed by atoms with Crippen molar-refractivity contribution in [3.05, 3.63) is 24.4 Å². The molecule has 1 aromatic heterocycles. The van der Waals surface area contributed by atoms with E-state index in [0.717, 1.165) is 5.52 Å². The Morgan fingerprint density at radius 3 is 2.74 bits per heavy atom. The van der Waals surface area contributed by atoms with Crippen LogP contribution in [0.1, 0.15) is 0 Å². The van der Waals surface area contributed by atoms with Gasteiger partial charge in [-0.05, 0) is 18.2 Å². The number of aromatic nitrogens is 1. The van der Waals surface area contributed by atoms with Crippen LogP contribution in [0.25, 0.3) is 10.9 Å². The van der Waals surface area contributed by atoms with Crippen molar-refractivity contribution in [2.24, 2.45) is 0 Å². The van der Waals surface area contributed by atoms with E-state index in [2.05, 4.69) is 4.98 Å². The number of fused-ring (bicyclic) bond motifs is 1. The van der Waals surface area contributed by atoms with Crippen molar-refractivity contribution in [1.29, 1.82) is 0 Å². The number of nitrogens with one attached hydrogen (secondary N) is 1. The maximum Gasteiger partial charge on any atom is 0.245 e. The Bertz CT molecular complexity index is 702. The zero-order chi connectivity index (χ0) is 13.5. The Labute approximate surface area is 111 Å². The lowest BCUT2D eigenvalue weighted by molar-refractivity contribution is 0.0730. The first-order valence-corrected chi connectivity index (χ1v) is 7.47. The fourth-order valence-corrected chi connectivity index (χ4v) is 3.83. The van der Waals surface area contributed by atoms with Crippen molar-refractivity contribution in [3.8, 4) is 0 Å². The molecule has 1 aliphatic rings. The van der Waals surface area contributed by atoms with E-state index in [1.165, 1.54) is 10.5 Å². The normalized spacial score (nSPS) is 17.9. The van der Waals surface area contributed by atoms with Crippen molar-refractivity contribution in [3.63, 3.8) is 0 Å². The van der Waals surface area contributed by atoms with E-state index in [9.17, 15) is 8.42 Å². The molecule has 6 nitrogen and oxygen atoms in total. The summed E-state index contributed by atoms with van der Waals surface area (Å²) in [5, 5.41) is 0.667. The number of H-pyrrole nitrogens is 1. The van der Waals surface area contributed by atoms with Crippen LogP contribution < -0.4 is 5.73 Å². The average Bonchev–Trinajstić information content (AvgIpc) is 2.83. The molecule has 0 radical (unpaired) electrons. The summed E-state index contributed by atoms with van der Waals surface area (Å²) in [6.07, 6.45) is 1.52. The summed E-state index contributed by atoms with van der Waals surface area (Å²) in [4.78, 5) is 3.25. The molecule has 0 unspecified atom stereocenters. The smallest absolute Gasteiger partial charge is 0.245 e. The van der Waals surface area contributed by atoms with Gasteiger partial charge in [0.15, 0.2) is 0 Å². The fourth-order valence-electron chi connectivity index (χ4n) is 2.26.